The minimum absolute atomic E-state index is 0.0605. The lowest BCUT2D eigenvalue weighted by atomic mass is 10.1. The Labute approximate surface area is 137 Å². The van der Waals surface area contributed by atoms with E-state index in [1.54, 1.807) is 18.2 Å². The number of benzene rings is 2. The highest BCUT2D eigenvalue weighted by Gasteiger charge is 2.26. The molecule has 4 nitrogen and oxygen atoms in total. The van der Waals surface area contributed by atoms with Gasteiger partial charge in [0.15, 0.2) is 5.70 Å². The third-order valence-corrected chi connectivity index (χ3v) is 3.33. The zero-order chi connectivity index (χ0) is 17.1. The summed E-state index contributed by atoms with van der Waals surface area (Å²) in [5, 5.41) is 0. The van der Waals surface area contributed by atoms with Crippen LogP contribution in [-0.4, -0.2) is 18.5 Å². The lowest BCUT2D eigenvalue weighted by molar-refractivity contribution is -0.129. The van der Waals surface area contributed by atoms with E-state index in [9.17, 15) is 13.6 Å². The van der Waals surface area contributed by atoms with Crippen LogP contribution in [0.15, 0.2) is 59.2 Å². The van der Waals surface area contributed by atoms with Gasteiger partial charge in [-0.15, -0.1) is 0 Å². The highest BCUT2D eigenvalue weighted by atomic mass is 19.3. The minimum atomic E-state index is -2.98. The maximum absolute atomic E-state index is 12.5. The first-order chi connectivity index (χ1) is 11.5. The van der Waals surface area contributed by atoms with Crippen molar-refractivity contribution in [3.8, 4) is 5.75 Å². The van der Waals surface area contributed by atoms with Gasteiger partial charge in [0.1, 0.15) is 5.75 Å². The van der Waals surface area contributed by atoms with Crippen molar-refractivity contribution in [1.29, 1.82) is 0 Å². The zero-order valence-corrected chi connectivity index (χ0v) is 12.7. The van der Waals surface area contributed by atoms with Crippen molar-refractivity contribution in [2.24, 2.45) is 4.99 Å². The van der Waals surface area contributed by atoms with Crippen LogP contribution < -0.4 is 4.74 Å². The number of hydrogen-bond acceptors (Lipinski definition) is 4. The maximum atomic E-state index is 12.5. The number of halogens is 2. The molecule has 0 amide bonds. The van der Waals surface area contributed by atoms with Crippen molar-refractivity contribution in [3.05, 3.63) is 70.9 Å². The monoisotopic (exact) mass is 329 g/mol. The maximum Gasteiger partial charge on any atom is 0.387 e. The lowest BCUT2D eigenvalue weighted by Gasteiger charge is -2.08. The van der Waals surface area contributed by atoms with Crippen LogP contribution in [0.4, 0.5) is 8.78 Å². The summed E-state index contributed by atoms with van der Waals surface area (Å²) in [6, 6.07) is 13.5. The molecular formula is C18H13F2NO3. The summed E-state index contributed by atoms with van der Waals surface area (Å²) in [7, 11) is 0. The van der Waals surface area contributed by atoms with Crippen molar-refractivity contribution >= 4 is 17.9 Å². The zero-order valence-electron chi connectivity index (χ0n) is 12.7. The third kappa shape index (κ3) is 3.48. The summed E-state index contributed by atoms with van der Waals surface area (Å²) < 4.78 is 34.5. The van der Waals surface area contributed by atoms with Crippen molar-refractivity contribution in [3.63, 3.8) is 0 Å². The average molecular weight is 329 g/mol. The molecule has 1 aliphatic rings. The number of hydrogen-bond donors (Lipinski definition) is 0. The number of cyclic esters (lactones) is 1. The van der Waals surface area contributed by atoms with E-state index < -0.39 is 12.6 Å². The van der Waals surface area contributed by atoms with Crippen molar-refractivity contribution in [2.45, 2.75) is 13.5 Å². The van der Waals surface area contributed by atoms with E-state index in [1.807, 2.05) is 31.2 Å². The van der Waals surface area contributed by atoms with Crippen molar-refractivity contribution in [2.75, 3.05) is 0 Å². The summed E-state index contributed by atoms with van der Waals surface area (Å²) in [6.07, 6.45) is 1.57. The van der Waals surface area contributed by atoms with Gasteiger partial charge in [-0.3, -0.25) is 0 Å². The van der Waals surface area contributed by atoms with E-state index >= 15 is 0 Å². The normalized spacial score (nSPS) is 15.6. The summed E-state index contributed by atoms with van der Waals surface area (Å²) in [6.45, 7) is -1.02. The molecule has 0 fully saturated rings. The summed E-state index contributed by atoms with van der Waals surface area (Å²) in [4.78, 5) is 16.1. The second-order valence-corrected chi connectivity index (χ2v) is 5.12. The number of esters is 1. The smallest absolute Gasteiger partial charge is 0.387 e. The lowest BCUT2D eigenvalue weighted by Crippen LogP contribution is -2.10. The molecule has 0 N–H and O–H groups in total. The second-order valence-electron chi connectivity index (χ2n) is 5.12. The molecule has 0 saturated heterocycles. The highest BCUT2D eigenvalue weighted by Crippen LogP contribution is 2.26. The fourth-order valence-electron chi connectivity index (χ4n) is 2.19. The number of para-hydroxylation sites is 1. The highest BCUT2D eigenvalue weighted by molar-refractivity contribution is 6.13. The standard InChI is InChI=1S/C18H13F2NO3/c1-11-6-8-12(9-7-11)10-14-17(22)24-16(21-14)13-4-2-3-5-15(13)23-18(19)20/h2-10,18H,1H3/b14-10-. The largest absolute Gasteiger partial charge is 0.434 e. The topological polar surface area (TPSA) is 47.9 Å². The van der Waals surface area contributed by atoms with E-state index in [2.05, 4.69) is 9.73 Å². The van der Waals surface area contributed by atoms with Gasteiger partial charge in [0, 0.05) is 0 Å². The van der Waals surface area contributed by atoms with Crippen LogP contribution in [0.1, 0.15) is 16.7 Å². The molecule has 0 spiro atoms. The molecule has 24 heavy (non-hydrogen) atoms. The van der Waals surface area contributed by atoms with Crippen LogP contribution in [0.5, 0.6) is 5.75 Å². The van der Waals surface area contributed by atoms with Gasteiger partial charge in [0.05, 0.1) is 5.56 Å². The summed E-state index contributed by atoms with van der Waals surface area (Å²) in [5.74, 6) is -0.803. The number of nitrogens with zero attached hydrogens (tertiary/aromatic N) is 1. The molecule has 122 valence electrons. The Morgan fingerprint density at radius 2 is 1.83 bits per heavy atom. The molecule has 0 unspecified atom stereocenters. The van der Waals surface area contributed by atoms with E-state index in [1.165, 1.54) is 12.1 Å². The number of carbonyl (C=O) groups excluding carboxylic acids is 1. The van der Waals surface area contributed by atoms with Crippen molar-refractivity contribution in [1.82, 2.24) is 0 Å². The molecule has 2 aromatic carbocycles. The Bertz CT molecular complexity index is 826. The van der Waals surface area contributed by atoms with E-state index in [0.29, 0.717) is 0 Å². The number of carbonyl (C=O) groups is 1. The molecule has 3 rings (SSSR count). The minimum Gasteiger partial charge on any atom is -0.434 e. The fraction of sp³-hybridized carbons (Fsp3) is 0.111. The van der Waals surface area contributed by atoms with Gasteiger partial charge in [-0.05, 0) is 30.7 Å². The summed E-state index contributed by atoms with van der Waals surface area (Å²) in [5.41, 5.74) is 2.17. The summed E-state index contributed by atoms with van der Waals surface area (Å²) >= 11 is 0. The first-order valence-corrected chi connectivity index (χ1v) is 7.16. The van der Waals surface area contributed by atoms with Gasteiger partial charge in [-0.25, -0.2) is 9.79 Å². The molecule has 2 aromatic rings. The van der Waals surface area contributed by atoms with Crippen LogP contribution in [0.2, 0.25) is 0 Å². The first-order valence-electron chi connectivity index (χ1n) is 7.16. The van der Waals surface area contributed by atoms with E-state index in [4.69, 9.17) is 4.74 Å². The molecule has 0 radical (unpaired) electrons. The molecule has 0 bridgehead atoms. The van der Waals surface area contributed by atoms with Crippen LogP contribution in [0, 0.1) is 6.92 Å². The van der Waals surface area contributed by atoms with Gasteiger partial charge >= 0.3 is 12.6 Å². The number of alkyl halides is 2. The SMILES string of the molecule is Cc1ccc(/C=C2\N=C(c3ccccc3OC(F)F)OC2=O)cc1. The predicted octanol–water partition coefficient (Wildman–Crippen LogP) is 3.94. The molecule has 0 aliphatic carbocycles. The number of aliphatic imine (C=N–C) groups is 1. The van der Waals surface area contributed by atoms with Crippen LogP contribution in [0.25, 0.3) is 6.08 Å². The molecular weight excluding hydrogens is 316 g/mol. The Kier molecular flexibility index (Phi) is 4.37. The molecule has 1 heterocycles. The van der Waals surface area contributed by atoms with Crippen LogP contribution in [-0.2, 0) is 9.53 Å². The first kappa shape index (κ1) is 15.9. The van der Waals surface area contributed by atoms with Crippen LogP contribution >= 0.6 is 0 Å². The average Bonchev–Trinajstić information content (AvgIpc) is 2.90. The molecule has 1 aliphatic heterocycles. The van der Waals surface area contributed by atoms with Crippen molar-refractivity contribution < 1.29 is 23.0 Å². The second kappa shape index (κ2) is 6.62. The van der Waals surface area contributed by atoms with Crippen LogP contribution in [0.3, 0.4) is 0 Å². The number of aryl methyl sites for hydroxylation is 1. The van der Waals surface area contributed by atoms with Gasteiger partial charge in [-0.2, -0.15) is 8.78 Å². The molecule has 0 saturated carbocycles. The Hall–Kier alpha value is -3.02. The molecule has 6 heteroatoms. The van der Waals surface area contributed by atoms with Gasteiger partial charge < -0.3 is 9.47 Å². The predicted molar refractivity (Wildman–Crippen MR) is 84.9 cm³/mol. The number of ether oxygens (including phenoxy) is 2. The van der Waals surface area contributed by atoms with Gasteiger partial charge in [0.2, 0.25) is 5.90 Å². The Balaban J connectivity index is 1.94. The molecule has 0 aromatic heterocycles. The van der Waals surface area contributed by atoms with E-state index in [0.717, 1.165) is 11.1 Å². The fourth-order valence-corrected chi connectivity index (χ4v) is 2.19. The number of rotatable bonds is 4. The Morgan fingerprint density at radius 3 is 2.54 bits per heavy atom. The third-order valence-electron chi connectivity index (χ3n) is 3.33. The quantitative estimate of drug-likeness (QED) is 0.630. The Morgan fingerprint density at radius 1 is 1.12 bits per heavy atom. The van der Waals surface area contributed by atoms with Gasteiger partial charge in [0.25, 0.3) is 0 Å². The van der Waals surface area contributed by atoms with E-state index in [-0.39, 0.29) is 22.9 Å². The van der Waals surface area contributed by atoms with Gasteiger partial charge in [-0.1, -0.05) is 42.0 Å². The molecule has 0 atom stereocenters.